The first-order valence-corrected chi connectivity index (χ1v) is 13.2. The lowest BCUT2D eigenvalue weighted by Crippen LogP contribution is -2.69. The van der Waals surface area contributed by atoms with Crippen LogP contribution >= 0.6 is 0 Å². The van der Waals surface area contributed by atoms with Crippen molar-refractivity contribution in [2.45, 2.75) is 81.2 Å². The van der Waals surface area contributed by atoms with Crippen LogP contribution in [0.4, 0.5) is 0 Å². The molecule has 0 saturated carbocycles. The van der Waals surface area contributed by atoms with E-state index < -0.39 is 80.2 Å². The third kappa shape index (κ3) is 6.37. The van der Waals surface area contributed by atoms with Crippen LogP contribution in [0.1, 0.15) is 24.3 Å². The maximum absolute atomic E-state index is 12.3. The van der Waals surface area contributed by atoms with Crippen LogP contribution in [0.25, 0.3) is 0 Å². The molecule has 1 amide bonds. The van der Waals surface area contributed by atoms with Gasteiger partial charge in [0.05, 0.1) is 19.8 Å². The Kier molecular flexibility index (Phi) is 9.43. The average Bonchev–Trinajstić information content (AvgIpc) is 2.98. The van der Waals surface area contributed by atoms with E-state index in [4.69, 9.17) is 28.4 Å². The molecule has 3 aliphatic rings. The van der Waals surface area contributed by atoms with Crippen LogP contribution in [0, 0.1) is 0 Å². The molecule has 5 N–H and O–H groups in total. The maximum atomic E-state index is 12.3. The fraction of sp³-hybridized carbons (Fsp3) is 0.536. The number of aliphatic hydroxyl groups excluding tert-OH is 4. The highest BCUT2D eigenvalue weighted by atomic mass is 16.8. The second kappa shape index (κ2) is 13.0. The van der Waals surface area contributed by atoms with E-state index in [2.05, 4.69) is 5.32 Å². The molecule has 0 spiro atoms. The predicted octanol–water partition coefficient (Wildman–Crippen LogP) is -0.268. The van der Waals surface area contributed by atoms with Gasteiger partial charge in [0, 0.05) is 12.5 Å². The van der Waals surface area contributed by atoms with Gasteiger partial charge in [-0.15, -0.1) is 0 Å². The second-order valence-electron chi connectivity index (χ2n) is 10.0. The Labute approximate surface area is 231 Å². The van der Waals surface area contributed by atoms with E-state index in [9.17, 15) is 25.2 Å². The number of rotatable bonds is 8. The first kappa shape index (κ1) is 29.0. The van der Waals surface area contributed by atoms with Gasteiger partial charge in [0.25, 0.3) is 0 Å². The summed E-state index contributed by atoms with van der Waals surface area (Å²) in [7, 11) is 0. The molecule has 40 heavy (non-hydrogen) atoms. The summed E-state index contributed by atoms with van der Waals surface area (Å²) in [5.74, 6) is -0.394. The van der Waals surface area contributed by atoms with Gasteiger partial charge in [0.1, 0.15) is 48.8 Å². The van der Waals surface area contributed by atoms with E-state index >= 15 is 0 Å². The van der Waals surface area contributed by atoms with E-state index in [1.54, 1.807) is 0 Å². The molecule has 218 valence electrons. The predicted molar refractivity (Wildman–Crippen MR) is 136 cm³/mol. The average molecular weight is 562 g/mol. The van der Waals surface area contributed by atoms with Crippen molar-refractivity contribution in [2.24, 2.45) is 0 Å². The van der Waals surface area contributed by atoms with Crippen LogP contribution in [-0.4, -0.2) is 101 Å². The first-order valence-electron chi connectivity index (χ1n) is 13.2. The minimum Gasteiger partial charge on any atom is -0.394 e. The molecule has 12 heteroatoms. The molecule has 3 heterocycles. The summed E-state index contributed by atoms with van der Waals surface area (Å²) < 4.78 is 36.5. The van der Waals surface area contributed by atoms with Crippen LogP contribution in [-0.2, 0) is 39.8 Å². The standard InChI is InChI=1S/C28H35NO11/c1-15(31)29-20-25(40-28-23(34)22(33)21(32)18(12-30)37-28)24-19(14-36-26(39-24)17-10-6-3-7-11-17)38-27(20)35-13-16-8-4-2-5-9-16/h2-11,18-28,30,32-34H,12-14H2,1H3,(H,29,31)/t18-,19+,20+,21-,22+,23-,24+,25-,26?,27+,28+/m1/s1. The van der Waals surface area contributed by atoms with Crippen molar-refractivity contribution < 1.29 is 53.6 Å². The number of carbonyl (C=O) groups excluding carboxylic acids is 1. The molecule has 0 aliphatic carbocycles. The van der Waals surface area contributed by atoms with E-state index in [0.717, 1.165) is 11.1 Å². The van der Waals surface area contributed by atoms with Crippen molar-refractivity contribution in [1.82, 2.24) is 5.32 Å². The van der Waals surface area contributed by atoms with Gasteiger partial charge in [0.2, 0.25) is 5.91 Å². The fourth-order valence-corrected chi connectivity index (χ4v) is 5.13. The Morgan fingerprint density at radius 3 is 2.30 bits per heavy atom. The van der Waals surface area contributed by atoms with Crippen molar-refractivity contribution >= 4 is 5.91 Å². The number of fused-ring (bicyclic) bond motifs is 1. The molecule has 3 saturated heterocycles. The molecule has 0 radical (unpaired) electrons. The Morgan fingerprint density at radius 1 is 0.925 bits per heavy atom. The summed E-state index contributed by atoms with van der Waals surface area (Å²) in [6.07, 6.45) is -11.9. The summed E-state index contributed by atoms with van der Waals surface area (Å²) in [5, 5.41) is 43.8. The van der Waals surface area contributed by atoms with Crippen molar-refractivity contribution in [3.8, 4) is 0 Å². The van der Waals surface area contributed by atoms with Gasteiger partial charge < -0.3 is 54.2 Å². The molecule has 2 aromatic rings. The number of hydrogen-bond donors (Lipinski definition) is 5. The number of aliphatic hydroxyl groups is 4. The van der Waals surface area contributed by atoms with Gasteiger partial charge in [-0.05, 0) is 5.56 Å². The Bertz CT molecular complexity index is 1090. The van der Waals surface area contributed by atoms with E-state index in [1.807, 2.05) is 60.7 Å². The molecule has 3 fully saturated rings. The van der Waals surface area contributed by atoms with Crippen LogP contribution in [0.5, 0.6) is 0 Å². The summed E-state index contributed by atoms with van der Waals surface area (Å²) in [6, 6.07) is 17.7. The molecule has 11 atom stereocenters. The monoisotopic (exact) mass is 561 g/mol. The lowest BCUT2D eigenvalue weighted by atomic mass is 9.94. The summed E-state index contributed by atoms with van der Waals surface area (Å²) in [4.78, 5) is 12.3. The zero-order valence-corrected chi connectivity index (χ0v) is 21.9. The molecule has 0 aromatic heterocycles. The quantitative estimate of drug-likeness (QED) is 0.288. The summed E-state index contributed by atoms with van der Waals surface area (Å²) in [5.41, 5.74) is 1.63. The Morgan fingerprint density at radius 2 is 1.62 bits per heavy atom. The zero-order chi connectivity index (χ0) is 28.2. The minimum absolute atomic E-state index is 0.108. The Balaban J connectivity index is 1.44. The molecule has 0 bridgehead atoms. The molecular weight excluding hydrogens is 526 g/mol. The normalized spacial score (nSPS) is 37.9. The number of hydrogen-bond acceptors (Lipinski definition) is 11. The van der Waals surface area contributed by atoms with Gasteiger partial charge in [-0.2, -0.15) is 0 Å². The van der Waals surface area contributed by atoms with Gasteiger partial charge in [-0.25, -0.2) is 0 Å². The third-order valence-electron chi connectivity index (χ3n) is 7.18. The molecule has 5 rings (SSSR count). The molecule has 1 unspecified atom stereocenters. The number of carbonyl (C=O) groups is 1. The lowest BCUT2D eigenvalue weighted by Gasteiger charge is -2.51. The van der Waals surface area contributed by atoms with Crippen molar-refractivity contribution in [3.63, 3.8) is 0 Å². The topological polar surface area (TPSA) is 165 Å². The zero-order valence-electron chi connectivity index (χ0n) is 21.9. The lowest BCUT2D eigenvalue weighted by molar-refractivity contribution is -0.378. The largest absolute Gasteiger partial charge is 0.394 e. The Hall–Kier alpha value is -2.49. The van der Waals surface area contributed by atoms with Crippen molar-refractivity contribution in [3.05, 3.63) is 71.8 Å². The SMILES string of the molecule is CC(=O)N[C@@H]1[C@@H](OCc2ccccc2)O[C@H]2COC(c3ccccc3)O[C@@H]2[C@@H]1O[C@@H]1O[C@H](CO)[C@@H](O)[C@H](O)[C@H]1O. The molecule has 12 nitrogen and oxygen atoms in total. The van der Waals surface area contributed by atoms with Gasteiger partial charge in [-0.3, -0.25) is 4.79 Å². The first-order chi connectivity index (χ1) is 19.4. The molecule has 3 aliphatic heterocycles. The van der Waals surface area contributed by atoms with Crippen LogP contribution in [0.2, 0.25) is 0 Å². The van der Waals surface area contributed by atoms with Crippen molar-refractivity contribution in [1.29, 1.82) is 0 Å². The van der Waals surface area contributed by atoms with Gasteiger partial charge in [-0.1, -0.05) is 60.7 Å². The minimum atomic E-state index is -1.66. The highest BCUT2D eigenvalue weighted by Gasteiger charge is 2.54. The number of benzene rings is 2. The maximum Gasteiger partial charge on any atom is 0.217 e. The summed E-state index contributed by atoms with van der Waals surface area (Å²) >= 11 is 0. The van der Waals surface area contributed by atoms with E-state index in [0.29, 0.717) is 0 Å². The highest BCUT2D eigenvalue weighted by Crippen LogP contribution is 2.37. The van der Waals surface area contributed by atoms with E-state index in [-0.39, 0.29) is 13.2 Å². The van der Waals surface area contributed by atoms with Gasteiger partial charge in [0.15, 0.2) is 18.9 Å². The molecule has 2 aromatic carbocycles. The fourth-order valence-electron chi connectivity index (χ4n) is 5.13. The van der Waals surface area contributed by atoms with Crippen LogP contribution in [0.15, 0.2) is 60.7 Å². The van der Waals surface area contributed by atoms with Crippen molar-refractivity contribution in [2.75, 3.05) is 13.2 Å². The van der Waals surface area contributed by atoms with Crippen LogP contribution < -0.4 is 5.32 Å². The van der Waals surface area contributed by atoms with Gasteiger partial charge >= 0.3 is 0 Å². The molecular formula is C28H35NO11. The summed E-state index contributed by atoms with van der Waals surface area (Å²) in [6.45, 7) is 0.989. The number of nitrogens with one attached hydrogen (secondary N) is 1. The second-order valence-corrected chi connectivity index (χ2v) is 10.0. The third-order valence-corrected chi connectivity index (χ3v) is 7.18. The highest BCUT2D eigenvalue weighted by molar-refractivity contribution is 5.73. The number of amides is 1. The van der Waals surface area contributed by atoms with E-state index in [1.165, 1.54) is 6.92 Å². The number of ether oxygens (including phenoxy) is 6. The van der Waals surface area contributed by atoms with Crippen LogP contribution in [0.3, 0.4) is 0 Å². The smallest absolute Gasteiger partial charge is 0.217 e.